The fourth-order valence-corrected chi connectivity index (χ4v) is 3.02. The SMILES string of the molecule is N#Cc1cccc(NC2CCOc3c(Cl)cc(Cl)cc32)c1. The Balaban J connectivity index is 1.93. The highest BCUT2D eigenvalue weighted by Crippen LogP contribution is 2.41. The molecule has 3 nitrogen and oxygen atoms in total. The van der Waals surface area contributed by atoms with Crippen LogP contribution in [0.4, 0.5) is 5.69 Å². The van der Waals surface area contributed by atoms with Crippen LogP contribution in [-0.2, 0) is 0 Å². The van der Waals surface area contributed by atoms with Crippen molar-refractivity contribution in [1.82, 2.24) is 0 Å². The Bertz CT molecular complexity index is 725. The molecule has 106 valence electrons. The van der Waals surface area contributed by atoms with E-state index in [1.54, 1.807) is 12.1 Å². The lowest BCUT2D eigenvalue weighted by molar-refractivity contribution is 0.274. The molecule has 0 saturated carbocycles. The lowest BCUT2D eigenvalue weighted by Gasteiger charge is -2.28. The average Bonchev–Trinajstić information content (AvgIpc) is 2.48. The number of benzene rings is 2. The molecule has 0 spiro atoms. The standard InChI is InChI=1S/C16H12Cl2N2O/c17-11-7-13-15(4-5-21-16(13)14(18)8-11)20-12-3-1-2-10(6-12)9-19/h1-3,6-8,15,20H,4-5H2. The summed E-state index contributed by atoms with van der Waals surface area (Å²) in [4.78, 5) is 0. The first-order valence-electron chi connectivity index (χ1n) is 6.56. The van der Waals surface area contributed by atoms with Crippen LogP contribution in [0.2, 0.25) is 10.0 Å². The number of anilines is 1. The Morgan fingerprint density at radius 3 is 2.90 bits per heavy atom. The minimum atomic E-state index is 0.0545. The summed E-state index contributed by atoms with van der Waals surface area (Å²) in [6.07, 6.45) is 0.806. The van der Waals surface area contributed by atoms with Crippen LogP contribution in [-0.4, -0.2) is 6.61 Å². The van der Waals surface area contributed by atoms with Gasteiger partial charge in [-0.1, -0.05) is 29.3 Å². The van der Waals surface area contributed by atoms with E-state index in [4.69, 9.17) is 33.2 Å². The fraction of sp³-hybridized carbons (Fsp3) is 0.188. The van der Waals surface area contributed by atoms with Crippen LogP contribution < -0.4 is 10.1 Å². The number of fused-ring (bicyclic) bond motifs is 1. The molecule has 0 aliphatic carbocycles. The van der Waals surface area contributed by atoms with Gasteiger partial charge in [0.05, 0.1) is 29.3 Å². The highest BCUT2D eigenvalue weighted by molar-refractivity contribution is 6.35. The lowest BCUT2D eigenvalue weighted by atomic mass is 10.00. The zero-order chi connectivity index (χ0) is 14.8. The van der Waals surface area contributed by atoms with Crippen LogP contribution >= 0.6 is 23.2 Å². The van der Waals surface area contributed by atoms with Crippen molar-refractivity contribution in [2.24, 2.45) is 0 Å². The zero-order valence-corrected chi connectivity index (χ0v) is 12.6. The van der Waals surface area contributed by atoms with Gasteiger partial charge >= 0.3 is 0 Å². The summed E-state index contributed by atoms with van der Waals surface area (Å²) >= 11 is 12.3. The van der Waals surface area contributed by atoms with E-state index in [0.717, 1.165) is 17.7 Å². The first-order chi connectivity index (χ1) is 10.2. The lowest BCUT2D eigenvalue weighted by Crippen LogP contribution is -2.20. The predicted molar refractivity (Wildman–Crippen MR) is 84.1 cm³/mol. The van der Waals surface area contributed by atoms with Gasteiger partial charge in [0.1, 0.15) is 5.75 Å². The molecule has 1 aliphatic heterocycles. The summed E-state index contributed by atoms with van der Waals surface area (Å²) in [6.45, 7) is 0.587. The van der Waals surface area contributed by atoms with Gasteiger partial charge in [-0.25, -0.2) is 0 Å². The topological polar surface area (TPSA) is 45.0 Å². The highest BCUT2D eigenvalue weighted by Gasteiger charge is 2.24. The van der Waals surface area contributed by atoms with Crippen molar-refractivity contribution < 1.29 is 4.74 Å². The molecule has 1 atom stereocenters. The maximum absolute atomic E-state index is 8.97. The van der Waals surface area contributed by atoms with Crippen LogP contribution in [0.25, 0.3) is 0 Å². The number of halogens is 2. The Labute approximate surface area is 133 Å². The van der Waals surface area contributed by atoms with Gasteiger partial charge in [-0.3, -0.25) is 0 Å². The third-order valence-corrected chi connectivity index (χ3v) is 3.90. The van der Waals surface area contributed by atoms with E-state index in [1.807, 2.05) is 24.3 Å². The number of nitriles is 1. The Kier molecular flexibility index (Phi) is 3.92. The van der Waals surface area contributed by atoms with Crippen molar-refractivity contribution in [3.05, 3.63) is 57.6 Å². The highest BCUT2D eigenvalue weighted by atomic mass is 35.5. The molecule has 21 heavy (non-hydrogen) atoms. The summed E-state index contributed by atoms with van der Waals surface area (Å²) in [5.41, 5.74) is 2.46. The van der Waals surface area contributed by atoms with E-state index in [-0.39, 0.29) is 6.04 Å². The van der Waals surface area contributed by atoms with Gasteiger partial charge in [0.25, 0.3) is 0 Å². The van der Waals surface area contributed by atoms with E-state index >= 15 is 0 Å². The maximum atomic E-state index is 8.97. The number of hydrogen-bond donors (Lipinski definition) is 1. The van der Waals surface area contributed by atoms with Gasteiger partial charge in [0.15, 0.2) is 0 Å². The summed E-state index contributed by atoms with van der Waals surface area (Å²) in [6, 6.07) is 13.1. The number of nitrogens with one attached hydrogen (secondary N) is 1. The fourth-order valence-electron chi connectivity index (χ4n) is 2.46. The molecule has 0 fully saturated rings. The van der Waals surface area contributed by atoms with Crippen molar-refractivity contribution in [3.8, 4) is 11.8 Å². The van der Waals surface area contributed by atoms with Crippen molar-refractivity contribution in [3.63, 3.8) is 0 Å². The monoisotopic (exact) mass is 318 g/mol. The predicted octanol–water partition coefficient (Wildman–Crippen LogP) is 4.80. The summed E-state index contributed by atoms with van der Waals surface area (Å²) in [5.74, 6) is 0.682. The average molecular weight is 319 g/mol. The molecule has 1 unspecified atom stereocenters. The molecule has 2 aromatic carbocycles. The van der Waals surface area contributed by atoms with Gasteiger partial charge in [0, 0.05) is 22.7 Å². The number of ether oxygens (including phenoxy) is 1. The largest absolute Gasteiger partial charge is 0.492 e. The van der Waals surface area contributed by atoms with E-state index in [9.17, 15) is 0 Å². The molecule has 1 N–H and O–H groups in total. The number of rotatable bonds is 2. The Morgan fingerprint density at radius 2 is 2.10 bits per heavy atom. The van der Waals surface area contributed by atoms with Gasteiger partial charge in [-0.05, 0) is 30.3 Å². The van der Waals surface area contributed by atoms with Gasteiger partial charge < -0.3 is 10.1 Å². The minimum Gasteiger partial charge on any atom is -0.492 e. The van der Waals surface area contributed by atoms with Crippen LogP contribution in [0, 0.1) is 11.3 Å². The summed E-state index contributed by atoms with van der Waals surface area (Å²) in [5, 5.41) is 13.5. The van der Waals surface area contributed by atoms with Crippen LogP contribution in [0.5, 0.6) is 5.75 Å². The van der Waals surface area contributed by atoms with Crippen molar-refractivity contribution in [2.75, 3.05) is 11.9 Å². The molecule has 2 aromatic rings. The first kappa shape index (κ1) is 14.1. The molecular weight excluding hydrogens is 307 g/mol. The quantitative estimate of drug-likeness (QED) is 0.864. The second-order valence-electron chi connectivity index (χ2n) is 4.83. The zero-order valence-electron chi connectivity index (χ0n) is 11.1. The Hall–Kier alpha value is -1.89. The molecule has 0 saturated heterocycles. The molecule has 0 aromatic heterocycles. The molecule has 0 radical (unpaired) electrons. The third kappa shape index (κ3) is 2.92. The van der Waals surface area contributed by atoms with E-state index < -0.39 is 0 Å². The molecule has 1 aliphatic rings. The second kappa shape index (κ2) is 5.85. The molecule has 0 amide bonds. The van der Waals surface area contributed by atoms with Crippen LogP contribution in [0.3, 0.4) is 0 Å². The molecule has 0 bridgehead atoms. The molecule has 3 rings (SSSR count). The molecule has 1 heterocycles. The van der Waals surface area contributed by atoms with Gasteiger partial charge in [0.2, 0.25) is 0 Å². The van der Waals surface area contributed by atoms with Crippen molar-refractivity contribution >= 4 is 28.9 Å². The number of nitrogens with zero attached hydrogens (tertiary/aromatic N) is 1. The Morgan fingerprint density at radius 1 is 1.24 bits per heavy atom. The molecule has 5 heteroatoms. The maximum Gasteiger partial charge on any atom is 0.143 e. The van der Waals surface area contributed by atoms with Gasteiger partial charge in [-0.15, -0.1) is 0 Å². The van der Waals surface area contributed by atoms with E-state index in [1.165, 1.54) is 0 Å². The molecular formula is C16H12Cl2N2O. The normalized spacial score (nSPS) is 16.5. The van der Waals surface area contributed by atoms with Crippen LogP contribution in [0.15, 0.2) is 36.4 Å². The van der Waals surface area contributed by atoms with Crippen molar-refractivity contribution in [2.45, 2.75) is 12.5 Å². The van der Waals surface area contributed by atoms with Crippen LogP contribution in [0.1, 0.15) is 23.6 Å². The van der Waals surface area contributed by atoms with Crippen molar-refractivity contribution in [1.29, 1.82) is 5.26 Å². The number of hydrogen-bond acceptors (Lipinski definition) is 3. The smallest absolute Gasteiger partial charge is 0.143 e. The van der Waals surface area contributed by atoms with E-state index in [0.29, 0.717) is 28.0 Å². The van der Waals surface area contributed by atoms with Gasteiger partial charge in [-0.2, -0.15) is 5.26 Å². The third-order valence-electron chi connectivity index (χ3n) is 3.40. The second-order valence-corrected chi connectivity index (χ2v) is 5.68. The van der Waals surface area contributed by atoms with E-state index in [2.05, 4.69) is 11.4 Å². The summed E-state index contributed by atoms with van der Waals surface area (Å²) in [7, 11) is 0. The minimum absolute atomic E-state index is 0.0545. The summed E-state index contributed by atoms with van der Waals surface area (Å²) < 4.78 is 5.64. The first-order valence-corrected chi connectivity index (χ1v) is 7.31.